The zero-order valence-corrected chi connectivity index (χ0v) is 16.8. The predicted molar refractivity (Wildman–Crippen MR) is 108 cm³/mol. The van der Waals surface area contributed by atoms with Gasteiger partial charge in [-0.15, -0.1) is 0 Å². The first-order valence-corrected chi connectivity index (χ1v) is 9.72. The minimum Gasteiger partial charge on any atom is -0.493 e. The van der Waals surface area contributed by atoms with E-state index in [1.807, 2.05) is 19.2 Å². The van der Waals surface area contributed by atoms with Gasteiger partial charge in [0.15, 0.2) is 5.96 Å². The normalized spacial score (nSPS) is 16.3. The molecule has 1 aliphatic rings. The topological polar surface area (TPSA) is 54.9 Å². The first-order chi connectivity index (χ1) is 12.6. The average molecular weight is 362 g/mol. The van der Waals surface area contributed by atoms with Crippen LogP contribution in [0.5, 0.6) is 5.75 Å². The molecule has 1 saturated carbocycles. The number of benzene rings is 1. The van der Waals surface area contributed by atoms with Gasteiger partial charge >= 0.3 is 0 Å². The van der Waals surface area contributed by atoms with Crippen LogP contribution in [0.1, 0.15) is 45.1 Å². The molecule has 0 atom stereocenters. The SMILES string of the molecule is CN=C(NCc1cccc(OCC(C)C)c1)NCC1(CCOC)CCC1. The molecule has 0 spiro atoms. The monoisotopic (exact) mass is 361 g/mol. The Kier molecular flexibility index (Phi) is 8.23. The van der Waals surface area contributed by atoms with Crippen molar-refractivity contribution in [1.29, 1.82) is 0 Å². The van der Waals surface area contributed by atoms with Gasteiger partial charge in [-0.3, -0.25) is 4.99 Å². The standard InChI is InChI=1S/C21H35N3O2/c1-17(2)15-26-19-8-5-7-18(13-19)14-23-20(22-3)24-16-21(9-6-10-21)11-12-25-4/h5,7-8,13,17H,6,9-12,14-16H2,1-4H3,(H2,22,23,24). The second kappa shape index (κ2) is 10.4. The lowest BCUT2D eigenvalue weighted by atomic mass is 9.67. The Morgan fingerprint density at radius 3 is 2.69 bits per heavy atom. The molecule has 0 heterocycles. The molecule has 0 bridgehead atoms. The van der Waals surface area contributed by atoms with Crippen molar-refractivity contribution in [3.8, 4) is 5.75 Å². The van der Waals surface area contributed by atoms with Gasteiger partial charge in [0.1, 0.15) is 5.75 Å². The second-order valence-electron chi connectivity index (χ2n) is 7.73. The Balaban J connectivity index is 1.80. The molecule has 146 valence electrons. The summed E-state index contributed by atoms with van der Waals surface area (Å²) in [5.41, 5.74) is 1.56. The van der Waals surface area contributed by atoms with E-state index in [-0.39, 0.29) is 0 Å². The molecule has 0 aromatic heterocycles. The number of hydrogen-bond donors (Lipinski definition) is 2. The van der Waals surface area contributed by atoms with Gasteiger partial charge in [0.2, 0.25) is 0 Å². The number of nitrogens with one attached hydrogen (secondary N) is 2. The summed E-state index contributed by atoms with van der Waals surface area (Å²) in [7, 11) is 3.60. The molecule has 0 saturated heterocycles. The van der Waals surface area contributed by atoms with Crippen molar-refractivity contribution in [1.82, 2.24) is 10.6 Å². The van der Waals surface area contributed by atoms with Crippen LogP contribution in [0.4, 0.5) is 0 Å². The number of guanidine groups is 1. The Morgan fingerprint density at radius 1 is 1.27 bits per heavy atom. The van der Waals surface area contributed by atoms with Crippen molar-refractivity contribution in [3.63, 3.8) is 0 Å². The third kappa shape index (κ3) is 6.52. The largest absolute Gasteiger partial charge is 0.493 e. The lowest BCUT2D eigenvalue weighted by molar-refractivity contribution is 0.0732. The van der Waals surface area contributed by atoms with Crippen molar-refractivity contribution in [2.24, 2.45) is 16.3 Å². The molecular formula is C21H35N3O2. The summed E-state index contributed by atoms with van der Waals surface area (Å²) in [6.45, 7) is 7.56. The van der Waals surface area contributed by atoms with E-state index in [0.29, 0.717) is 11.3 Å². The van der Waals surface area contributed by atoms with Crippen LogP contribution in [-0.2, 0) is 11.3 Å². The first-order valence-electron chi connectivity index (χ1n) is 9.72. The van der Waals surface area contributed by atoms with Crippen LogP contribution in [-0.4, -0.2) is 39.9 Å². The number of aliphatic imine (C=N–C) groups is 1. The Hall–Kier alpha value is -1.75. The minimum atomic E-state index is 0.373. The van der Waals surface area contributed by atoms with Gasteiger partial charge in [-0.1, -0.05) is 32.4 Å². The molecule has 2 N–H and O–H groups in total. The van der Waals surface area contributed by atoms with Gasteiger partial charge in [-0.05, 0) is 48.3 Å². The smallest absolute Gasteiger partial charge is 0.191 e. The summed E-state index contributed by atoms with van der Waals surface area (Å²) < 4.78 is 11.1. The Bertz CT molecular complexity index is 568. The van der Waals surface area contributed by atoms with Gasteiger partial charge in [-0.25, -0.2) is 0 Å². The molecule has 0 amide bonds. The summed E-state index contributed by atoms with van der Waals surface area (Å²) >= 11 is 0. The summed E-state index contributed by atoms with van der Waals surface area (Å²) in [6.07, 6.45) is 4.98. The molecule has 26 heavy (non-hydrogen) atoms. The molecule has 0 aliphatic heterocycles. The lowest BCUT2D eigenvalue weighted by Crippen LogP contribution is -2.46. The fraction of sp³-hybridized carbons (Fsp3) is 0.667. The fourth-order valence-electron chi connectivity index (χ4n) is 3.20. The maximum absolute atomic E-state index is 5.81. The molecule has 0 radical (unpaired) electrons. The zero-order chi connectivity index (χ0) is 18.8. The number of rotatable bonds is 10. The van der Waals surface area contributed by atoms with E-state index in [1.54, 1.807) is 7.11 Å². The van der Waals surface area contributed by atoms with Gasteiger partial charge in [0.05, 0.1) is 6.61 Å². The average Bonchev–Trinajstić information content (AvgIpc) is 2.61. The van der Waals surface area contributed by atoms with E-state index in [4.69, 9.17) is 9.47 Å². The highest BCUT2D eigenvalue weighted by Crippen LogP contribution is 2.43. The molecular weight excluding hydrogens is 326 g/mol. The van der Waals surface area contributed by atoms with Gasteiger partial charge in [-0.2, -0.15) is 0 Å². The maximum Gasteiger partial charge on any atom is 0.191 e. The Morgan fingerprint density at radius 2 is 2.08 bits per heavy atom. The van der Waals surface area contributed by atoms with Crippen LogP contribution >= 0.6 is 0 Å². The van der Waals surface area contributed by atoms with Gasteiger partial charge in [0, 0.05) is 33.9 Å². The van der Waals surface area contributed by atoms with Crippen LogP contribution in [0.3, 0.4) is 0 Å². The van der Waals surface area contributed by atoms with Crippen LogP contribution in [0.15, 0.2) is 29.3 Å². The molecule has 1 fully saturated rings. The number of methoxy groups -OCH3 is 1. The number of hydrogen-bond acceptors (Lipinski definition) is 3. The van der Waals surface area contributed by atoms with Crippen molar-refractivity contribution >= 4 is 5.96 Å². The van der Waals surface area contributed by atoms with Crippen molar-refractivity contribution in [2.75, 3.05) is 33.9 Å². The van der Waals surface area contributed by atoms with Gasteiger partial charge < -0.3 is 20.1 Å². The first kappa shape index (κ1) is 20.6. The van der Waals surface area contributed by atoms with Crippen molar-refractivity contribution < 1.29 is 9.47 Å². The number of nitrogens with zero attached hydrogens (tertiary/aromatic N) is 1. The Labute approximate surface area is 158 Å². The van der Waals surface area contributed by atoms with Gasteiger partial charge in [0.25, 0.3) is 0 Å². The van der Waals surface area contributed by atoms with Crippen LogP contribution in [0.2, 0.25) is 0 Å². The molecule has 5 nitrogen and oxygen atoms in total. The third-order valence-electron chi connectivity index (χ3n) is 5.05. The molecule has 1 aliphatic carbocycles. The molecule has 1 aromatic rings. The predicted octanol–water partition coefficient (Wildman–Crippen LogP) is 3.59. The van der Waals surface area contributed by atoms with Crippen molar-refractivity contribution in [2.45, 2.75) is 46.1 Å². The van der Waals surface area contributed by atoms with E-state index >= 15 is 0 Å². The van der Waals surface area contributed by atoms with Crippen molar-refractivity contribution in [3.05, 3.63) is 29.8 Å². The van der Waals surface area contributed by atoms with E-state index < -0.39 is 0 Å². The highest BCUT2D eigenvalue weighted by molar-refractivity contribution is 5.79. The number of ether oxygens (including phenoxy) is 2. The fourth-order valence-corrected chi connectivity index (χ4v) is 3.20. The highest BCUT2D eigenvalue weighted by Gasteiger charge is 2.36. The second-order valence-corrected chi connectivity index (χ2v) is 7.73. The summed E-state index contributed by atoms with van der Waals surface area (Å²) in [4.78, 5) is 4.36. The van der Waals surface area contributed by atoms with Crippen LogP contribution in [0, 0.1) is 11.3 Å². The molecule has 2 rings (SSSR count). The minimum absolute atomic E-state index is 0.373. The maximum atomic E-state index is 5.81. The molecule has 1 aromatic carbocycles. The lowest BCUT2D eigenvalue weighted by Gasteiger charge is -2.42. The van der Waals surface area contributed by atoms with E-state index in [0.717, 1.165) is 44.4 Å². The van der Waals surface area contributed by atoms with E-state index in [2.05, 4.69) is 41.6 Å². The summed E-state index contributed by atoms with van der Waals surface area (Å²) in [6, 6.07) is 8.25. The molecule has 5 heteroatoms. The van der Waals surface area contributed by atoms with E-state index in [9.17, 15) is 0 Å². The van der Waals surface area contributed by atoms with Crippen LogP contribution in [0.25, 0.3) is 0 Å². The molecule has 0 unspecified atom stereocenters. The summed E-state index contributed by atoms with van der Waals surface area (Å²) in [5, 5.41) is 6.90. The van der Waals surface area contributed by atoms with Crippen LogP contribution < -0.4 is 15.4 Å². The zero-order valence-electron chi connectivity index (χ0n) is 16.8. The highest BCUT2D eigenvalue weighted by atomic mass is 16.5. The summed E-state index contributed by atoms with van der Waals surface area (Å²) in [5.74, 6) is 2.30. The third-order valence-corrected chi connectivity index (χ3v) is 5.05. The quantitative estimate of drug-likeness (QED) is 0.494. The van der Waals surface area contributed by atoms with E-state index in [1.165, 1.54) is 24.8 Å².